The van der Waals surface area contributed by atoms with Crippen molar-refractivity contribution in [1.82, 2.24) is 20.4 Å². The smallest absolute Gasteiger partial charge is 0.0215 e. The van der Waals surface area contributed by atoms with E-state index in [4.69, 9.17) is 0 Å². The summed E-state index contributed by atoms with van der Waals surface area (Å²) in [5.41, 5.74) is 0.252. The highest BCUT2D eigenvalue weighted by Crippen LogP contribution is 2.25. The minimum Gasteiger partial charge on any atom is -0.309 e. The lowest BCUT2D eigenvalue weighted by atomic mass is 9.89. The fraction of sp³-hybridized carbons (Fsp3) is 1.00. The molecule has 0 amide bonds. The van der Waals surface area contributed by atoms with Crippen molar-refractivity contribution in [2.24, 2.45) is 0 Å². The first-order chi connectivity index (χ1) is 10.2. The van der Waals surface area contributed by atoms with Crippen LogP contribution in [-0.4, -0.2) is 71.7 Å². The van der Waals surface area contributed by atoms with Gasteiger partial charge in [0.25, 0.3) is 0 Å². The molecule has 2 heterocycles. The SMILES string of the molecule is CC1CN(C(C)(C)C[C@H]2CN(C(C)C)C[C@@H](C)N2)CC(C)N1. The lowest BCUT2D eigenvalue weighted by Gasteiger charge is -2.49. The second-order valence-corrected chi connectivity index (χ2v) is 8.70. The molecule has 4 atom stereocenters. The highest BCUT2D eigenvalue weighted by molar-refractivity contribution is 4.95. The standard InChI is InChI=1S/C18H38N4/c1-13(2)21-9-14(3)20-17(12-21)8-18(6,7)22-10-15(4)19-16(5)11-22/h13-17,19-20H,8-12H2,1-7H3/t14-,15?,16?,17+/m1/s1. The summed E-state index contributed by atoms with van der Waals surface area (Å²) in [4.78, 5) is 5.32. The van der Waals surface area contributed by atoms with Crippen molar-refractivity contribution in [1.29, 1.82) is 0 Å². The topological polar surface area (TPSA) is 30.5 Å². The van der Waals surface area contributed by atoms with Crippen LogP contribution in [0.5, 0.6) is 0 Å². The van der Waals surface area contributed by atoms with Gasteiger partial charge in [0.1, 0.15) is 0 Å². The van der Waals surface area contributed by atoms with Crippen LogP contribution in [0.3, 0.4) is 0 Å². The summed E-state index contributed by atoms with van der Waals surface area (Å²) in [5, 5.41) is 7.48. The number of rotatable bonds is 4. The molecule has 2 rings (SSSR count). The average molecular weight is 311 g/mol. The molecule has 0 aromatic heterocycles. The van der Waals surface area contributed by atoms with Crippen LogP contribution in [0.1, 0.15) is 54.9 Å². The molecule has 0 spiro atoms. The summed E-state index contributed by atoms with van der Waals surface area (Å²) >= 11 is 0. The van der Waals surface area contributed by atoms with Crippen LogP contribution in [0.25, 0.3) is 0 Å². The maximum absolute atomic E-state index is 3.83. The van der Waals surface area contributed by atoms with Crippen LogP contribution in [0.15, 0.2) is 0 Å². The van der Waals surface area contributed by atoms with Crippen LogP contribution in [-0.2, 0) is 0 Å². The zero-order valence-electron chi connectivity index (χ0n) is 15.8. The van der Waals surface area contributed by atoms with E-state index in [2.05, 4.69) is 68.9 Å². The van der Waals surface area contributed by atoms with Gasteiger partial charge in [0.2, 0.25) is 0 Å². The zero-order valence-corrected chi connectivity index (χ0v) is 15.8. The Balaban J connectivity index is 1.98. The number of nitrogens with one attached hydrogen (secondary N) is 2. The van der Waals surface area contributed by atoms with Gasteiger partial charge in [-0.2, -0.15) is 0 Å². The Bertz CT molecular complexity index is 345. The third-order valence-electron chi connectivity index (χ3n) is 5.37. The Hall–Kier alpha value is -0.160. The van der Waals surface area contributed by atoms with Crippen molar-refractivity contribution in [2.45, 2.75) is 90.6 Å². The fourth-order valence-electron chi connectivity index (χ4n) is 4.32. The molecule has 0 radical (unpaired) electrons. The molecule has 2 aliphatic rings. The highest BCUT2D eigenvalue weighted by atomic mass is 15.3. The van der Waals surface area contributed by atoms with Gasteiger partial charge >= 0.3 is 0 Å². The average Bonchev–Trinajstić information content (AvgIpc) is 2.36. The maximum atomic E-state index is 3.83. The molecule has 0 saturated carbocycles. The molecule has 0 aliphatic carbocycles. The quantitative estimate of drug-likeness (QED) is 0.830. The van der Waals surface area contributed by atoms with Gasteiger partial charge in [-0.3, -0.25) is 9.80 Å². The second kappa shape index (κ2) is 7.16. The van der Waals surface area contributed by atoms with Gasteiger partial charge in [-0.05, 0) is 54.9 Å². The molecule has 4 heteroatoms. The van der Waals surface area contributed by atoms with E-state index in [1.165, 1.54) is 19.5 Å². The Morgan fingerprint density at radius 1 is 0.909 bits per heavy atom. The first-order valence-corrected chi connectivity index (χ1v) is 9.18. The molecule has 2 unspecified atom stereocenters. The minimum atomic E-state index is 0.252. The van der Waals surface area contributed by atoms with Crippen LogP contribution in [0.2, 0.25) is 0 Å². The lowest BCUT2D eigenvalue weighted by molar-refractivity contribution is 0.0378. The van der Waals surface area contributed by atoms with Crippen LogP contribution >= 0.6 is 0 Å². The molecule has 0 aromatic carbocycles. The van der Waals surface area contributed by atoms with Crippen LogP contribution < -0.4 is 10.6 Å². The van der Waals surface area contributed by atoms with Crippen molar-refractivity contribution >= 4 is 0 Å². The Labute approximate surface area is 138 Å². The van der Waals surface area contributed by atoms with E-state index < -0.39 is 0 Å². The summed E-state index contributed by atoms with van der Waals surface area (Å²) < 4.78 is 0. The third-order valence-corrected chi connectivity index (χ3v) is 5.37. The fourth-order valence-corrected chi connectivity index (χ4v) is 4.32. The zero-order chi connectivity index (χ0) is 16.5. The van der Waals surface area contributed by atoms with E-state index in [0.29, 0.717) is 30.2 Å². The van der Waals surface area contributed by atoms with E-state index >= 15 is 0 Å². The molecule has 2 aliphatic heterocycles. The van der Waals surface area contributed by atoms with Crippen molar-refractivity contribution in [3.63, 3.8) is 0 Å². The molecular formula is C18H38N4. The van der Waals surface area contributed by atoms with Crippen molar-refractivity contribution in [2.75, 3.05) is 26.2 Å². The van der Waals surface area contributed by atoms with E-state index in [-0.39, 0.29) is 5.54 Å². The molecule has 130 valence electrons. The second-order valence-electron chi connectivity index (χ2n) is 8.70. The molecule has 0 bridgehead atoms. The molecule has 4 nitrogen and oxygen atoms in total. The first-order valence-electron chi connectivity index (χ1n) is 9.18. The minimum absolute atomic E-state index is 0.252. The largest absolute Gasteiger partial charge is 0.309 e. The molecule has 22 heavy (non-hydrogen) atoms. The molecule has 2 fully saturated rings. The van der Waals surface area contributed by atoms with Crippen molar-refractivity contribution < 1.29 is 0 Å². The number of hydrogen-bond donors (Lipinski definition) is 2. The highest BCUT2D eigenvalue weighted by Gasteiger charge is 2.36. The van der Waals surface area contributed by atoms with Gasteiger partial charge in [0.15, 0.2) is 0 Å². The normalized spacial score (nSPS) is 36.0. The molecule has 0 aromatic rings. The summed E-state index contributed by atoms with van der Waals surface area (Å²) in [5.74, 6) is 0. The van der Waals surface area contributed by atoms with Gasteiger partial charge in [-0.15, -0.1) is 0 Å². The van der Waals surface area contributed by atoms with Gasteiger partial charge in [-0.25, -0.2) is 0 Å². The van der Waals surface area contributed by atoms with Crippen LogP contribution in [0.4, 0.5) is 0 Å². The van der Waals surface area contributed by atoms with E-state index in [1.807, 2.05) is 0 Å². The summed E-state index contributed by atoms with van der Waals surface area (Å²) in [6.07, 6.45) is 1.22. The Kier molecular flexibility index (Phi) is 5.92. The van der Waals surface area contributed by atoms with E-state index in [1.54, 1.807) is 0 Å². The van der Waals surface area contributed by atoms with E-state index in [0.717, 1.165) is 13.1 Å². The molecule has 2 N–H and O–H groups in total. The molecule has 2 saturated heterocycles. The predicted molar refractivity (Wildman–Crippen MR) is 95.4 cm³/mol. The van der Waals surface area contributed by atoms with Gasteiger partial charge in [0.05, 0.1) is 0 Å². The summed E-state index contributed by atoms with van der Waals surface area (Å²) in [6.45, 7) is 21.1. The lowest BCUT2D eigenvalue weighted by Crippen LogP contribution is -2.63. The number of piperazine rings is 2. The Morgan fingerprint density at radius 3 is 2.00 bits per heavy atom. The van der Waals surface area contributed by atoms with Gasteiger partial charge in [-0.1, -0.05) is 0 Å². The van der Waals surface area contributed by atoms with Gasteiger partial charge in [0, 0.05) is 61.9 Å². The third kappa shape index (κ3) is 4.67. The van der Waals surface area contributed by atoms with Crippen molar-refractivity contribution in [3.05, 3.63) is 0 Å². The van der Waals surface area contributed by atoms with E-state index in [9.17, 15) is 0 Å². The summed E-state index contributed by atoms with van der Waals surface area (Å²) in [6, 6.07) is 3.02. The first kappa shape index (κ1) is 18.2. The summed E-state index contributed by atoms with van der Waals surface area (Å²) in [7, 11) is 0. The Morgan fingerprint density at radius 2 is 1.45 bits per heavy atom. The number of nitrogens with zero attached hydrogens (tertiary/aromatic N) is 2. The maximum Gasteiger partial charge on any atom is 0.0215 e. The van der Waals surface area contributed by atoms with Crippen molar-refractivity contribution in [3.8, 4) is 0 Å². The monoisotopic (exact) mass is 310 g/mol. The van der Waals surface area contributed by atoms with Gasteiger partial charge < -0.3 is 10.6 Å². The predicted octanol–water partition coefficient (Wildman–Crippen LogP) is 1.91. The number of hydrogen-bond acceptors (Lipinski definition) is 4. The molecular weight excluding hydrogens is 272 g/mol. The van der Waals surface area contributed by atoms with Crippen LogP contribution in [0, 0.1) is 0 Å².